The van der Waals surface area contributed by atoms with Gasteiger partial charge in [-0.3, -0.25) is 9.69 Å². The monoisotopic (exact) mass is 393 g/mol. The van der Waals surface area contributed by atoms with Gasteiger partial charge in [0.15, 0.2) is 0 Å². The number of esters is 1. The summed E-state index contributed by atoms with van der Waals surface area (Å²) in [5.41, 5.74) is 0. The van der Waals surface area contributed by atoms with E-state index >= 15 is 0 Å². The van der Waals surface area contributed by atoms with Gasteiger partial charge in [-0.1, -0.05) is 32.1 Å². The molecule has 1 unspecified atom stereocenters. The van der Waals surface area contributed by atoms with E-state index in [1.807, 2.05) is 0 Å². The van der Waals surface area contributed by atoms with E-state index in [9.17, 15) is 4.79 Å². The van der Waals surface area contributed by atoms with Crippen LogP contribution >= 0.6 is 0 Å². The van der Waals surface area contributed by atoms with E-state index in [-0.39, 0.29) is 11.9 Å². The van der Waals surface area contributed by atoms with Crippen LogP contribution in [0.25, 0.3) is 0 Å². The van der Waals surface area contributed by atoms with Gasteiger partial charge in [-0.05, 0) is 70.6 Å². The van der Waals surface area contributed by atoms with Crippen LogP contribution in [0.5, 0.6) is 0 Å². The Morgan fingerprint density at radius 3 is 2.11 bits per heavy atom. The molecular weight excluding hydrogens is 350 g/mol. The zero-order valence-corrected chi connectivity index (χ0v) is 18.5. The summed E-state index contributed by atoms with van der Waals surface area (Å²) in [5, 5.41) is 0. The summed E-state index contributed by atoms with van der Waals surface area (Å²) in [4.78, 5) is 14.4. The second-order valence-electron chi connectivity index (χ2n) is 9.88. The van der Waals surface area contributed by atoms with Crippen LogP contribution in [0.2, 0.25) is 0 Å². The molecule has 4 heteroatoms. The van der Waals surface area contributed by atoms with Gasteiger partial charge in [0.2, 0.25) is 0 Å². The summed E-state index contributed by atoms with van der Waals surface area (Å²) in [7, 11) is 1.50. The number of methoxy groups -OCH3 is 1. The Morgan fingerprint density at radius 2 is 1.50 bits per heavy atom. The summed E-state index contributed by atoms with van der Waals surface area (Å²) >= 11 is 0. The first kappa shape index (κ1) is 22.1. The third-order valence-corrected chi connectivity index (χ3v) is 7.81. The smallest absolute Gasteiger partial charge is 0.308 e. The molecule has 1 saturated heterocycles. The number of rotatable bonds is 7. The van der Waals surface area contributed by atoms with E-state index in [1.54, 1.807) is 0 Å². The molecular formula is C24H43NO3. The topological polar surface area (TPSA) is 38.8 Å². The Hall–Kier alpha value is -0.610. The minimum absolute atomic E-state index is 0.0420. The van der Waals surface area contributed by atoms with Crippen LogP contribution in [0.15, 0.2) is 0 Å². The van der Waals surface area contributed by atoms with Crippen LogP contribution in [0.1, 0.15) is 90.9 Å². The summed E-state index contributed by atoms with van der Waals surface area (Å²) in [5.74, 6) is 2.00. The SMILES string of the molecule is COC(=O)C1C[C@@H](C)N(CCOC2CCC(CC3CCCCC3)CC2)[C@@H](C)C1. The highest BCUT2D eigenvalue weighted by Crippen LogP contribution is 2.36. The molecule has 2 aliphatic carbocycles. The highest BCUT2D eigenvalue weighted by molar-refractivity contribution is 5.72. The maximum Gasteiger partial charge on any atom is 0.308 e. The third kappa shape index (κ3) is 6.19. The van der Waals surface area contributed by atoms with Crippen LogP contribution in [0.4, 0.5) is 0 Å². The van der Waals surface area contributed by atoms with E-state index in [0.717, 1.165) is 37.8 Å². The number of likely N-dealkylation sites (tertiary alicyclic amines) is 1. The van der Waals surface area contributed by atoms with Gasteiger partial charge < -0.3 is 9.47 Å². The fourth-order valence-electron chi connectivity index (χ4n) is 6.18. The van der Waals surface area contributed by atoms with Crippen LogP contribution in [-0.4, -0.2) is 49.3 Å². The Labute approximate surface area is 172 Å². The van der Waals surface area contributed by atoms with Crippen molar-refractivity contribution in [3.8, 4) is 0 Å². The fourth-order valence-corrected chi connectivity index (χ4v) is 6.18. The second kappa shape index (κ2) is 11.0. The minimum Gasteiger partial charge on any atom is -0.469 e. The Balaban J connectivity index is 1.32. The van der Waals surface area contributed by atoms with Crippen molar-refractivity contribution in [1.29, 1.82) is 0 Å². The predicted octanol–water partition coefficient (Wildman–Crippen LogP) is 5.19. The summed E-state index contributed by atoms with van der Waals surface area (Å²) in [6.07, 6.45) is 16.4. The van der Waals surface area contributed by atoms with Crippen LogP contribution in [-0.2, 0) is 14.3 Å². The van der Waals surface area contributed by atoms with Crippen molar-refractivity contribution in [2.24, 2.45) is 17.8 Å². The van der Waals surface area contributed by atoms with Gasteiger partial charge in [0.25, 0.3) is 0 Å². The van der Waals surface area contributed by atoms with Crippen molar-refractivity contribution in [2.45, 2.75) is 109 Å². The van der Waals surface area contributed by atoms with Gasteiger partial charge in [0.05, 0.1) is 25.7 Å². The molecule has 0 aromatic carbocycles. The molecule has 4 nitrogen and oxygen atoms in total. The maximum atomic E-state index is 11.9. The van der Waals surface area contributed by atoms with Crippen LogP contribution in [0, 0.1) is 17.8 Å². The highest BCUT2D eigenvalue weighted by Gasteiger charge is 2.35. The third-order valence-electron chi connectivity index (χ3n) is 7.81. The second-order valence-corrected chi connectivity index (χ2v) is 9.88. The van der Waals surface area contributed by atoms with Gasteiger partial charge in [-0.25, -0.2) is 0 Å². The number of hydrogen-bond acceptors (Lipinski definition) is 4. The van der Waals surface area contributed by atoms with Crippen molar-refractivity contribution >= 4 is 5.97 Å². The molecule has 3 rings (SSSR count). The zero-order valence-electron chi connectivity index (χ0n) is 18.5. The molecule has 0 spiro atoms. The van der Waals surface area contributed by atoms with Crippen molar-refractivity contribution in [3.05, 3.63) is 0 Å². The average molecular weight is 394 g/mol. The zero-order chi connectivity index (χ0) is 19.9. The molecule has 3 aliphatic rings. The van der Waals surface area contributed by atoms with Gasteiger partial charge in [-0.2, -0.15) is 0 Å². The van der Waals surface area contributed by atoms with E-state index in [4.69, 9.17) is 9.47 Å². The lowest BCUT2D eigenvalue weighted by Gasteiger charge is -2.42. The van der Waals surface area contributed by atoms with Crippen LogP contribution < -0.4 is 0 Å². The van der Waals surface area contributed by atoms with Gasteiger partial charge in [0, 0.05) is 18.6 Å². The summed E-state index contributed by atoms with van der Waals surface area (Å²) in [6.45, 7) is 6.29. The lowest BCUT2D eigenvalue weighted by molar-refractivity contribution is -0.148. The van der Waals surface area contributed by atoms with Crippen molar-refractivity contribution in [1.82, 2.24) is 4.90 Å². The first-order valence-corrected chi connectivity index (χ1v) is 12.0. The number of hydrogen-bond donors (Lipinski definition) is 0. The molecule has 0 radical (unpaired) electrons. The maximum absolute atomic E-state index is 11.9. The Morgan fingerprint density at radius 1 is 0.893 bits per heavy atom. The summed E-state index contributed by atoms with van der Waals surface area (Å²) in [6, 6.07) is 0.838. The molecule has 1 heterocycles. The lowest BCUT2D eigenvalue weighted by atomic mass is 9.77. The van der Waals surface area contributed by atoms with E-state index < -0.39 is 0 Å². The Bertz CT molecular complexity index is 456. The summed E-state index contributed by atoms with van der Waals surface area (Å²) < 4.78 is 11.2. The molecule has 162 valence electrons. The molecule has 0 bridgehead atoms. The Kier molecular flexibility index (Phi) is 8.65. The van der Waals surface area contributed by atoms with Gasteiger partial charge in [-0.15, -0.1) is 0 Å². The first-order chi connectivity index (χ1) is 13.6. The fraction of sp³-hybridized carbons (Fsp3) is 0.958. The lowest BCUT2D eigenvalue weighted by Crippen LogP contribution is -2.49. The van der Waals surface area contributed by atoms with E-state index in [2.05, 4.69) is 18.7 Å². The molecule has 0 aromatic heterocycles. The predicted molar refractivity (Wildman–Crippen MR) is 113 cm³/mol. The van der Waals surface area contributed by atoms with Crippen LogP contribution in [0.3, 0.4) is 0 Å². The quantitative estimate of drug-likeness (QED) is 0.558. The largest absolute Gasteiger partial charge is 0.469 e. The van der Waals surface area contributed by atoms with Crippen molar-refractivity contribution in [3.63, 3.8) is 0 Å². The molecule has 28 heavy (non-hydrogen) atoms. The van der Waals surface area contributed by atoms with Gasteiger partial charge in [0.1, 0.15) is 0 Å². The number of carbonyl (C=O) groups excluding carboxylic acids is 1. The molecule has 3 fully saturated rings. The molecule has 3 atom stereocenters. The molecule has 0 amide bonds. The van der Waals surface area contributed by atoms with Crippen molar-refractivity contribution < 1.29 is 14.3 Å². The number of ether oxygens (including phenoxy) is 2. The van der Waals surface area contributed by atoms with Gasteiger partial charge >= 0.3 is 5.97 Å². The standard InChI is InChI=1S/C24H43NO3/c1-18-15-22(24(26)27-3)16-19(2)25(18)13-14-28-23-11-9-21(10-12-23)17-20-7-5-4-6-8-20/h18-23H,4-17H2,1-3H3/t18-,19+,21?,22?,23?. The number of carbonyl (C=O) groups is 1. The highest BCUT2D eigenvalue weighted by atomic mass is 16.5. The normalized spacial score (nSPS) is 35.6. The minimum atomic E-state index is -0.0420. The molecule has 1 aliphatic heterocycles. The number of nitrogens with zero attached hydrogens (tertiary/aromatic N) is 1. The van der Waals surface area contributed by atoms with E-state index in [1.165, 1.54) is 71.3 Å². The van der Waals surface area contributed by atoms with Crippen molar-refractivity contribution in [2.75, 3.05) is 20.3 Å². The number of piperidine rings is 1. The molecule has 2 saturated carbocycles. The molecule has 0 N–H and O–H groups in total. The average Bonchev–Trinajstić information content (AvgIpc) is 2.71. The molecule has 0 aromatic rings. The first-order valence-electron chi connectivity index (χ1n) is 12.0. The van der Waals surface area contributed by atoms with E-state index in [0.29, 0.717) is 18.2 Å².